The largest absolute Gasteiger partial charge is 0.497 e. The van der Waals surface area contributed by atoms with Crippen LogP contribution in [0.2, 0.25) is 0 Å². The minimum Gasteiger partial charge on any atom is -0.497 e. The molecule has 9 heteroatoms. The maximum atomic E-state index is 13.3. The fourth-order valence-corrected chi connectivity index (χ4v) is 3.94. The Labute approximate surface area is 181 Å². The first kappa shape index (κ1) is 22.6. The molecule has 3 rings (SSSR count). The Balaban J connectivity index is 2.00. The minimum absolute atomic E-state index is 0.207. The molecule has 0 aliphatic carbocycles. The molecule has 0 radical (unpaired) electrons. The van der Waals surface area contributed by atoms with E-state index >= 15 is 0 Å². The van der Waals surface area contributed by atoms with Gasteiger partial charge in [0.15, 0.2) is 0 Å². The van der Waals surface area contributed by atoms with Crippen molar-refractivity contribution in [2.75, 3.05) is 32.1 Å². The van der Waals surface area contributed by atoms with Gasteiger partial charge in [-0.15, -0.1) is 0 Å². The van der Waals surface area contributed by atoms with Gasteiger partial charge in [-0.1, -0.05) is 6.92 Å². The number of anilines is 1. The number of hydrogen-bond donors (Lipinski definition) is 2. The molecule has 1 aromatic carbocycles. The molecule has 1 amide bonds. The molecule has 0 bridgehead atoms. The van der Waals surface area contributed by atoms with E-state index in [9.17, 15) is 14.7 Å². The average Bonchev–Trinajstić information content (AvgIpc) is 3.15. The number of aromatic nitrogens is 2. The van der Waals surface area contributed by atoms with Gasteiger partial charge < -0.3 is 24.8 Å². The summed E-state index contributed by atoms with van der Waals surface area (Å²) in [4.78, 5) is 30.8. The minimum atomic E-state index is -0.999. The van der Waals surface area contributed by atoms with Gasteiger partial charge in [-0.05, 0) is 44.0 Å². The highest BCUT2D eigenvalue weighted by atomic mass is 16.5. The number of nitrogens with zero attached hydrogens (tertiary/aromatic N) is 3. The fraction of sp³-hybridized carbons (Fsp3) is 0.500. The third kappa shape index (κ3) is 4.51. The number of hydrogen-bond acceptors (Lipinski definition) is 6. The molecule has 2 heterocycles. The van der Waals surface area contributed by atoms with E-state index < -0.39 is 6.09 Å². The lowest BCUT2D eigenvalue weighted by Crippen LogP contribution is -2.38. The molecular weight excluding hydrogens is 400 g/mol. The van der Waals surface area contributed by atoms with Crippen LogP contribution in [0.15, 0.2) is 23.0 Å². The zero-order valence-electron chi connectivity index (χ0n) is 18.6. The summed E-state index contributed by atoms with van der Waals surface area (Å²) in [5, 5.41) is 12.6. The number of carboxylic acid groups (broad SMARTS) is 1. The van der Waals surface area contributed by atoms with E-state index in [2.05, 4.69) is 5.32 Å². The lowest BCUT2D eigenvalue weighted by molar-refractivity contribution is 0.0629. The van der Waals surface area contributed by atoms with E-state index in [-0.39, 0.29) is 30.8 Å². The second kappa shape index (κ2) is 9.38. The van der Waals surface area contributed by atoms with Crippen molar-refractivity contribution < 1.29 is 19.4 Å². The Morgan fingerprint density at radius 3 is 2.65 bits per heavy atom. The Morgan fingerprint density at radius 1 is 1.32 bits per heavy atom. The Bertz CT molecular complexity index is 1020. The van der Waals surface area contributed by atoms with Crippen LogP contribution in [-0.4, -0.2) is 64.6 Å². The first-order valence-corrected chi connectivity index (χ1v) is 10.4. The fourth-order valence-electron chi connectivity index (χ4n) is 3.94. The molecule has 0 spiro atoms. The number of amides is 1. The Kier molecular flexibility index (Phi) is 6.84. The van der Waals surface area contributed by atoms with Gasteiger partial charge in [0.1, 0.15) is 17.3 Å². The molecular formula is C22H30N4O5. The van der Waals surface area contributed by atoms with Crippen LogP contribution in [0.5, 0.6) is 5.75 Å². The second-order valence-electron chi connectivity index (χ2n) is 7.59. The van der Waals surface area contributed by atoms with E-state index in [1.54, 1.807) is 14.2 Å². The van der Waals surface area contributed by atoms with Crippen molar-refractivity contribution in [1.82, 2.24) is 14.5 Å². The molecule has 2 atom stereocenters. The number of rotatable bonds is 7. The lowest BCUT2D eigenvalue weighted by Gasteiger charge is -2.22. The number of methoxy groups -OCH3 is 1. The third-order valence-electron chi connectivity index (χ3n) is 5.62. The molecule has 2 aromatic rings. The summed E-state index contributed by atoms with van der Waals surface area (Å²) in [6, 6.07) is 5.32. The molecule has 168 valence electrons. The van der Waals surface area contributed by atoms with Gasteiger partial charge in [0.2, 0.25) is 0 Å². The van der Waals surface area contributed by atoms with Gasteiger partial charge in [0.05, 0.1) is 31.5 Å². The molecule has 0 saturated carbocycles. The van der Waals surface area contributed by atoms with Gasteiger partial charge in [-0.2, -0.15) is 0 Å². The molecule has 1 aliphatic rings. The standard InChI is InChI=1S/C22H30N4O5/c1-6-16-19(23-17-11-26(22(28)29)12-18(17)31-7-2)21(27)25(4)20(24-16)15-9-8-14(30-5)10-13(15)3/h8-10,17-18,23H,6-7,11-12H2,1-5H3,(H,28,29)/t17-,18+/m1/s1. The SMILES string of the molecule is CCO[C@H]1CN(C(=O)O)C[C@H]1Nc1c(CC)nc(-c2ccc(OC)cc2C)n(C)c1=O. The number of ether oxygens (including phenoxy) is 2. The van der Waals surface area contributed by atoms with E-state index in [4.69, 9.17) is 14.5 Å². The quantitative estimate of drug-likeness (QED) is 0.695. The molecule has 9 nitrogen and oxygen atoms in total. The number of likely N-dealkylation sites (tertiary alicyclic amines) is 1. The lowest BCUT2D eigenvalue weighted by atomic mass is 10.1. The van der Waals surface area contributed by atoms with Crippen LogP contribution in [-0.2, 0) is 18.2 Å². The maximum Gasteiger partial charge on any atom is 0.407 e. The normalized spacial score (nSPS) is 18.3. The van der Waals surface area contributed by atoms with Crippen LogP contribution in [0, 0.1) is 6.92 Å². The van der Waals surface area contributed by atoms with Crippen molar-refractivity contribution in [2.24, 2.45) is 7.05 Å². The molecule has 1 aromatic heterocycles. The van der Waals surface area contributed by atoms with E-state index in [1.807, 2.05) is 39.0 Å². The van der Waals surface area contributed by atoms with Crippen molar-refractivity contribution in [3.05, 3.63) is 39.8 Å². The summed E-state index contributed by atoms with van der Waals surface area (Å²) in [6.45, 7) is 6.72. The van der Waals surface area contributed by atoms with Crippen LogP contribution in [0.3, 0.4) is 0 Å². The number of carbonyl (C=O) groups is 1. The summed E-state index contributed by atoms with van der Waals surface area (Å²) < 4.78 is 12.5. The van der Waals surface area contributed by atoms with Gasteiger partial charge in [-0.3, -0.25) is 9.36 Å². The molecule has 31 heavy (non-hydrogen) atoms. The van der Waals surface area contributed by atoms with Crippen LogP contribution >= 0.6 is 0 Å². The van der Waals surface area contributed by atoms with Crippen molar-refractivity contribution in [2.45, 2.75) is 39.3 Å². The van der Waals surface area contributed by atoms with Crippen molar-refractivity contribution in [1.29, 1.82) is 0 Å². The first-order chi connectivity index (χ1) is 14.8. The van der Waals surface area contributed by atoms with Crippen molar-refractivity contribution >= 4 is 11.8 Å². The monoisotopic (exact) mass is 430 g/mol. The highest BCUT2D eigenvalue weighted by molar-refractivity contribution is 5.66. The van der Waals surface area contributed by atoms with Crippen LogP contribution in [0.25, 0.3) is 11.4 Å². The molecule has 1 aliphatic heterocycles. The van der Waals surface area contributed by atoms with Gasteiger partial charge in [-0.25, -0.2) is 9.78 Å². The maximum absolute atomic E-state index is 13.3. The summed E-state index contributed by atoms with van der Waals surface area (Å²) in [5.41, 5.74) is 2.63. The number of benzene rings is 1. The molecule has 2 N–H and O–H groups in total. The second-order valence-corrected chi connectivity index (χ2v) is 7.59. The predicted octanol–water partition coefficient (Wildman–Crippen LogP) is 2.51. The number of nitrogens with one attached hydrogen (secondary N) is 1. The zero-order valence-corrected chi connectivity index (χ0v) is 18.6. The third-order valence-corrected chi connectivity index (χ3v) is 5.62. The highest BCUT2D eigenvalue weighted by Crippen LogP contribution is 2.27. The molecule has 1 fully saturated rings. The van der Waals surface area contributed by atoms with Gasteiger partial charge in [0.25, 0.3) is 5.56 Å². The van der Waals surface area contributed by atoms with E-state index in [0.29, 0.717) is 30.2 Å². The van der Waals surface area contributed by atoms with Crippen LogP contribution in [0.4, 0.5) is 10.5 Å². The number of aryl methyl sites for hydroxylation is 2. The topological polar surface area (TPSA) is 106 Å². The summed E-state index contributed by atoms with van der Waals surface area (Å²) >= 11 is 0. The zero-order chi connectivity index (χ0) is 22.7. The van der Waals surface area contributed by atoms with Crippen molar-refractivity contribution in [3.8, 4) is 17.1 Å². The van der Waals surface area contributed by atoms with Crippen LogP contribution < -0.4 is 15.6 Å². The average molecular weight is 431 g/mol. The molecule has 0 unspecified atom stereocenters. The highest BCUT2D eigenvalue weighted by Gasteiger charge is 2.36. The van der Waals surface area contributed by atoms with E-state index in [0.717, 1.165) is 16.9 Å². The first-order valence-electron chi connectivity index (χ1n) is 10.4. The summed E-state index contributed by atoms with van der Waals surface area (Å²) in [6.07, 6.45) is -0.782. The van der Waals surface area contributed by atoms with E-state index in [1.165, 1.54) is 9.47 Å². The smallest absolute Gasteiger partial charge is 0.407 e. The Hall–Kier alpha value is -3.07. The summed E-state index contributed by atoms with van der Waals surface area (Å²) in [5.74, 6) is 1.32. The van der Waals surface area contributed by atoms with Crippen molar-refractivity contribution in [3.63, 3.8) is 0 Å². The predicted molar refractivity (Wildman–Crippen MR) is 118 cm³/mol. The van der Waals surface area contributed by atoms with Crippen LogP contribution in [0.1, 0.15) is 25.1 Å². The molecule has 1 saturated heterocycles. The summed E-state index contributed by atoms with van der Waals surface area (Å²) in [7, 11) is 3.30. The van der Waals surface area contributed by atoms with Gasteiger partial charge >= 0.3 is 6.09 Å². The van der Waals surface area contributed by atoms with Gasteiger partial charge in [0, 0.05) is 25.8 Å². The Morgan fingerprint density at radius 2 is 2.06 bits per heavy atom.